The summed E-state index contributed by atoms with van der Waals surface area (Å²) >= 11 is 1.61. The van der Waals surface area contributed by atoms with Crippen LogP contribution in [0.15, 0.2) is 64.7 Å². The third-order valence-electron chi connectivity index (χ3n) is 4.57. The molecule has 0 unspecified atom stereocenters. The predicted octanol–water partition coefficient (Wildman–Crippen LogP) is 3.67. The van der Waals surface area contributed by atoms with Gasteiger partial charge in [0.2, 0.25) is 0 Å². The third kappa shape index (κ3) is 5.07. The first kappa shape index (κ1) is 21.6. The van der Waals surface area contributed by atoms with E-state index in [1.165, 1.54) is 7.11 Å². The largest absolute Gasteiger partial charge is 0.497 e. The summed E-state index contributed by atoms with van der Waals surface area (Å²) < 4.78 is 16.2. The van der Waals surface area contributed by atoms with Crippen molar-refractivity contribution in [2.45, 2.75) is 17.9 Å². The van der Waals surface area contributed by atoms with Crippen molar-refractivity contribution >= 4 is 23.8 Å². The van der Waals surface area contributed by atoms with Crippen molar-refractivity contribution in [2.24, 2.45) is 0 Å². The molecule has 0 spiro atoms. The van der Waals surface area contributed by atoms with Crippen LogP contribution in [0.4, 0.5) is 4.79 Å². The topological polar surface area (TPSA) is 85.9 Å². The molecule has 2 aromatic carbocycles. The molecule has 0 aromatic heterocycles. The van der Waals surface area contributed by atoms with Crippen LogP contribution in [0.5, 0.6) is 11.5 Å². The minimum absolute atomic E-state index is 0.246. The fourth-order valence-electron chi connectivity index (χ4n) is 3.14. The quantitative estimate of drug-likeness (QED) is 0.379. The van der Waals surface area contributed by atoms with Crippen LogP contribution in [0.25, 0.3) is 0 Å². The molecule has 3 rings (SSSR count). The van der Waals surface area contributed by atoms with Crippen molar-refractivity contribution in [1.29, 1.82) is 0 Å². The average molecular weight is 429 g/mol. The highest BCUT2D eigenvalue weighted by Crippen LogP contribution is 2.35. The van der Waals surface area contributed by atoms with Gasteiger partial charge in [-0.15, -0.1) is 11.8 Å². The van der Waals surface area contributed by atoms with Crippen LogP contribution in [0.1, 0.15) is 18.5 Å². The Bertz CT molecular complexity index is 946. The first-order valence-corrected chi connectivity index (χ1v) is 10.4. The number of ether oxygens (including phenoxy) is 3. The Morgan fingerprint density at radius 2 is 1.87 bits per heavy atom. The fraction of sp³-hybridized carbons (Fsp3) is 0.273. The number of hydrogen-bond acceptors (Lipinski definition) is 6. The molecular formula is C22H24N2O5S. The van der Waals surface area contributed by atoms with Gasteiger partial charge in [0.05, 0.1) is 25.8 Å². The van der Waals surface area contributed by atoms with E-state index in [-0.39, 0.29) is 6.61 Å². The molecule has 2 aromatic rings. The lowest BCUT2D eigenvalue weighted by atomic mass is 9.94. The molecule has 2 N–H and O–H groups in total. The average Bonchev–Trinajstić information content (AvgIpc) is 2.76. The fourth-order valence-corrected chi connectivity index (χ4v) is 3.89. The van der Waals surface area contributed by atoms with Gasteiger partial charge in [-0.2, -0.15) is 0 Å². The second kappa shape index (κ2) is 10.1. The van der Waals surface area contributed by atoms with Gasteiger partial charge in [-0.25, -0.2) is 9.59 Å². The van der Waals surface area contributed by atoms with Gasteiger partial charge in [0.1, 0.15) is 18.1 Å². The van der Waals surface area contributed by atoms with Gasteiger partial charge in [0, 0.05) is 28.0 Å². The smallest absolute Gasteiger partial charge is 0.338 e. The molecule has 0 saturated carbocycles. The van der Waals surface area contributed by atoms with Crippen LogP contribution in [0.3, 0.4) is 0 Å². The molecule has 0 radical (unpaired) electrons. The number of thioether (sulfide) groups is 1. The lowest BCUT2D eigenvalue weighted by molar-refractivity contribution is -0.138. The summed E-state index contributed by atoms with van der Waals surface area (Å²) in [7, 11) is 3.08. The molecule has 0 bridgehead atoms. The molecule has 1 aliphatic rings. The van der Waals surface area contributed by atoms with Crippen LogP contribution >= 0.6 is 11.8 Å². The monoisotopic (exact) mass is 428 g/mol. The Balaban J connectivity index is 1.75. The predicted molar refractivity (Wildman–Crippen MR) is 115 cm³/mol. The van der Waals surface area contributed by atoms with E-state index in [1.807, 2.05) is 30.3 Å². The second-order valence-electron chi connectivity index (χ2n) is 6.48. The highest BCUT2D eigenvalue weighted by atomic mass is 32.2. The van der Waals surface area contributed by atoms with Gasteiger partial charge in [0.25, 0.3) is 0 Å². The molecule has 30 heavy (non-hydrogen) atoms. The number of urea groups is 1. The van der Waals surface area contributed by atoms with E-state index >= 15 is 0 Å². The Kier molecular flexibility index (Phi) is 7.24. The Labute approximate surface area is 179 Å². The number of carbonyl (C=O) groups excluding carboxylic acids is 2. The van der Waals surface area contributed by atoms with Crippen molar-refractivity contribution in [2.75, 3.05) is 26.6 Å². The van der Waals surface area contributed by atoms with E-state index in [9.17, 15) is 9.59 Å². The maximum Gasteiger partial charge on any atom is 0.338 e. The zero-order chi connectivity index (χ0) is 21.5. The number of esters is 1. The van der Waals surface area contributed by atoms with E-state index < -0.39 is 18.0 Å². The molecule has 2 amide bonds. The zero-order valence-electron chi connectivity index (χ0n) is 17.1. The second-order valence-corrected chi connectivity index (χ2v) is 7.64. The van der Waals surface area contributed by atoms with Gasteiger partial charge >= 0.3 is 12.0 Å². The minimum atomic E-state index is -0.700. The van der Waals surface area contributed by atoms with Gasteiger partial charge in [-0.05, 0) is 31.2 Å². The van der Waals surface area contributed by atoms with E-state index in [2.05, 4.69) is 10.6 Å². The van der Waals surface area contributed by atoms with E-state index in [0.29, 0.717) is 34.1 Å². The minimum Gasteiger partial charge on any atom is -0.497 e. The van der Waals surface area contributed by atoms with Crippen molar-refractivity contribution < 1.29 is 23.8 Å². The number of rotatable bonds is 8. The molecule has 0 aliphatic carbocycles. The molecule has 0 saturated heterocycles. The van der Waals surface area contributed by atoms with Crippen molar-refractivity contribution in [1.82, 2.24) is 10.6 Å². The molecule has 7 nitrogen and oxygen atoms in total. The van der Waals surface area contributed by atoms with Gasteiger partial charge in [-0.1, -0.05) is 18.2 Å². The molecular weight excluding hydrogens is 404 g/mol. The Morgan fingerprint density at radius 1 is 1.10 bits per heavy atom. The van der Waals surface area contributed by atoms with Gasteiger partial charge < -0.3 is 24.8 Å². The van der Waals surface area contributed by atoms with Crippen LogP contribution in [0, 0.1) is 0 Å². The summed E-state index contributed by atoms with van der Waals surface area (Å²) in [4.78, 5) is 26.1. The molecule has 1 aliphatic heterocycles. The summed E-state index contributed by atoms with van der Waals surface area (Å²) in [6.45, 7) is 1.92. The number of benzene rings is 2. The Morgan fingerprint density at radius 3 is 2.57 bits per heavy atom. The number of methoxy groups -OCH3 is 2. The van der Waals surface area contributed by atoms with Gasteiger partial charge in [0.15, 0.2) is 0 Å². The lowest BCUT2D eigenvalue weighted by Crippen LogP contribution is -2.45. The maximum atomic E-state index is 12.9. The molecule has 0 fully saturated rings. The first-order chi connectivity index (χ1) is 14.5. The van der Waals surface area contributed by atoms with Crippen LogP contribution in [-0.4, -0.2) is 38.6 Å². The number of allylic oxidation sites excluding steroid dienone is 1. The van der Waals surface area contributed by atoms with Crippen LogP contribution in [-0.2, 0) is 9.53 Å². The highest BCUT2D eigenvalue weighted by Gasteiger charge is 2.34. The molecule has 8 heteroatoms. The summed E-state index contributed by atoms with van der Waals surface area (Å²) in [5.41, 5.74) is 1.42. The lowest BCUT2D eigenvalue weighted by Gasteiger charge is -2.29. The van der Waals surface area contributed by atoms with Crippen molar-refractivity contribution in [3.05, 3.63) is 65.4 Å². The number of amides is 2. The summed E-state index contributed by atoms with van der Waals surface area (Å²) in [6, 6.07) is 14.0. The van der Waals surface area contributed by atoms with Crippen LogP contribution < -0.4 is 20.1 Å². The van der Waals surface area contributed by atoms with E-state index in [0.717, 1.165) is 4.90 Å². The third-order valence-corrected chi connectivity index (χ3v) is 5.55. The normalized spacial score (nSPS) is 15.8. The van der Waals surface area contributed by atoms with Crippen LogP contribution in [0.2, 0.25) is 0 Å². The highest BCUT2D eigenvalue weighted by molar-refractivity contribution is 7.99. The summed E-state index contributed by atoms with van der Waals surface area (Å²) in [5.74, 6) is 1.24. The standard InChI is InChI=1S/C22H24N2O5S/c1-14-19(21(25)29-11-12-30-16-7-5-4-6-8-16)20(24-22(26)23-14)17-10-9-15(27-2)13-18(17)28-3/h4-10,13,20H,11-12H2,1-3H3,(H2,23,24,26)/t20-/m0/s1. The first-order valence-electron chi connectivity index (χ1n) is 9.38. The van der Waals surface area contributed by atoms with E-state index in [4.69, 9.17) is 14.2 Å². The summed E-state index contributed by atoms with van der Waals surface area (Å²) in [6.07, 6.45) is 0. The molecule has 1 atom stereocenters. The van der Waals surface area contributed by atoms with Crippen molar-refractivity contribution in [3.63, 3.8) is 0 Å². The summed E-state index contributed by atoms with van der Waals surface area (Å²) in [5, 5.41) is 5.43. The molecule has 158 valence electrons. The SMILES string of the molecule is COc1ccc([C@@H]2NC(=O)NC(C)=C2C(=O)OCCSc2ccccc2)c(OC)c1. The Hall–Kier alpha value is -3.13. The van der Waals surface area contributed by atoms with Gasteiger partial charge in [-0.3, -0.25) is 0 Å². The number of carbonyl (C=O) groups is 2. The zero-order valence-corrected chi connectivity index (χ0v) is 17.9. The maximum absolute atomic E-state index is 12.9. The van der Waals surface area contributed by atoms with E-state index in [1.54, 1.807) is 44.0 Å². The number of nitrogens with one attached hydrogen (secondary N) is 2. The molecule has 1 heterocycles. The van der Waals surface area contributed by atoms with Crippen molar-refractivity contribution in [3.8, 4) is 11.5 Å². The number of hydrogen-bond donors (Lipinski definition) is 2.